The third kappa shape index (κ3) is 6.51. The van der Waals surface area contributed by atoms with Crippen molar-refractivity contribution < 1.29 is 9.47 Å². The smallest absolute Gasteiger partial charge is 0.324 e. The maximum absolute atomic E-state index is 5.56. The number of ether oxygens (including phenoxy) is 2. The predicted molar refractivity (Wildman–Crippen MR) is 78.4 cm³/mol. The number of rotatable bonds is 10. The molecule has 1 rings (SSSR count). The van der Waals surface area contributed by atoms with Gasteiger partial charge in [-0.1, -0.05) is 6.92 Å². The molecule has 114 valence electrons. The molecule has 20 heavy (non-hydrogen) atoms. The molecule has 0 fully saturated rings. The fraction of sp³-hybridized carbons (Fsp3) is 0.769. The molecule has 0 aliphatic heterocycles. The Labute approximate surface area is 120 Å². The van der Waals surface area contributed by atoms with Crippen LogP contribution in [-0.4, -0.2) is 60.3 Å². The Kier molecular flexibility index (Phi) is 7.64. The van der Waals surface area contributed by atoms with Crippen molar-refractivity contribution in [2.75, 3.05) is 45.7 Å². The van der Waals surface area contributed by atoms with Crippen LogP contribution in [0.2, 0.25) is 0 Å². The van der Waals surface area contributed by atoms with E-state index in [1.807, 2.05) is 21.0 Å². The standard InChI is InChI=1S/C13H25N5O2/c1-5-8-14-11-15-12(19-6-2)17-13(16-11)20-10-7-9-18(3)4/h5-10H2,1-4H3,(H,14,15,16,17). The first-order valence-corrected chi connectivity index (χ1v) is 7.06. The Morgan fingerprint density at radius 2 is 1.75 bits per heavy atom. The van der Waals surface area contributed by atoms with Crippen molar-refractivity contribution in [3.05, 3.63) is 0 Å². The monoisotopic (exact) mass is 283 g/mol. The van der Waals surface area contributed by atoms with E-state index in [2.05, 4.69) is 32.1 Å². The molecule has 0 spiro atoms. The van der Waals surface area contributed by atoms with E-state index in [-0.39, 0.29) is 0 Å². The van der Waals surface area contributed by atoms with Gasteiger partial charge >= 0.3 is 12.0 Å². The van der Waals surface area contributed by atoms with E-state index in [4.69, 9.17) is 9.47 Å². The van der Waals surface area contributed by atoms with E-state index >= 15 is 0 Å². The van der Waals surface area contributed by atoms with Crippen LogP contribution >= 0.6 is 0 Å². The lowest BCUT2D eigenvalue weighted by molar-refractivity contribution is 0.252. The molecular formula is C13H25N5O2. The van der Waals surface area contributed by atoms with Crippen LogP contribution < -0.4 is 14.8 Å². The van der Waals surface area contributed by atoms with E-state index in [1.165, 1.54) is 0 Å². The number of anilines is 1. The number of nitrogens with zero attached hydrogens (tertiary/aromatic N) is 4. The molecule has 1 heterocycles. The largest absolute Gasteiger partial charge is 0.464 e. The van der Waals surface area contributed by atoms with E-state index in [9.17, 15) is 0 Å². The minimum Gasteiger partial charge on any atom is -0.464 e. The van der Waals surface area contributed by atoms with E-state index in [0.717, 1.165) is 25.9 Å². The Bertz CT molecular complexity index is 387. The molecule has 1 N–H and O–H groups in total. The van der Waals surface area contributed by atoms with Crippen molar-refractivity contribution in [3.8, 4) is 12.0 Å². The SMILES string of the molecule is CCCNc1nc(OCC)nc(OCCCN(C)C)n1. The van der Waals surface area contributed by atoms with E-state index < -0.39 is 0 Å². The predicted octanol–water partition coefficient (Wildman–Crippen LogP) is 1.42. The molecule has 0 aromatic carbocycles. The van der Waals surface area contributed by atoms with Gasteiger partial charge in [-0.15, -0.1) is 4.98 Å². The summed E-state index contributed by atoms with van der Waals surface area (Å²) in [6.07, 6.45) is 1.91. The quantitative estimate of drug-likeness (QED) is 0.651. The van der Waals surface area contributed by atoms with Crippen LogP contribution in [0.25, 0.3) is 0 Å². The molecule has 0 radical (unpaired) electrons. The van der Waals surface area contributed by atoms with Gasteiger partial charge in [0.2, 0.25) is 5.95 Å². The van der Waals surface area contributed by atoms with Crippen molar-refractivity contribution in [3.63, 3.8) is 0 Å². The second-order valence-corrected chi connectivity index (χ2v) is 4.59. The van der Waals surface area contributed by atoms with Crippen molar-refractivity contribution >= 4 is 5.95 Å². The molecule has 0 bridgehead atoms. The first kappa shape index (κ1) is 16.4. The highest BCUT2D eigenvalue weighted by atomic mass is 16.5. The van der Waals surface area contributed by atoms with Crippen LogP contribution in [-0.2, 0) is 0 Å². The third-order valence-corrected chi connectivity index (χ3v) is 2.38. The summed E-state index contributed by atoms with van der Waals surface area (Å²) in [5.41, 5.74) is 0. The fourth-order valence-electron chi connectivity index (χ4n) is 1.46. The van der Waals surface area contributed by atoms with E-state index in [1.54, 1.807) is 0 Å². The Hall–Kier alpha value is -1.63. The lowest BCUT2D eigenvalue weighted by Crippen LogP contribution is -2.16. The van der Waals surface area contributed by atoms with Crippen molar-refractivity contribution in [2.24, 2.45) is 0 Å². The number of hydrogen-bond donors (Lipinski definition) is 1. The second-order valence-electron chi connectivity index (χ2n) is 4.59. The van der Waals surface area contributed by atoms with Crippen molar-refractivity contribution in [1.29, 1.82) is 0 Å². The summed E-state index contributed by atoms with van der Waals surface area (Å²) in [6.45, 7) is 6.81. The highest BCUT2D eigenvalue weighted by molar-refractivity contribution is 5.27. The summed E-state index contributed by atoms with van der Waals surface area (Å²) < 4.78 is 10.9. The number of hydrogen-bond acceptors (Lipinski definition) is 7. The van der Waals surface area contributed by atoms with Gasteiger partial charge < -0.3 is 19.7 Å². The summed E-state index contributed by atoms with van der Waals surface area (Å²) in [7, 11) is 4.06. The summed E-state index contributed by atoms with van der Waals surface area (Å²) in [5, 5.41) is 3.11. The first-order chi connectivity index (χ1) is 9.65. The maximum Gasteiger partial charge on any atom is 0.324 e. The summed E-state index contributed by atoms with van der Waals surface area (Å²) in [4.78, 5) is 14.6. The van der Waals surface area contributed by atoms with Gasteiger partial charge in [-0.3, -0.25) is 0 Å². The van der Waals surface area contributed by atoms with Crippen LogP contribution in [0.15, 0.2) is 0 Å². The lowest BCUT2D eigenvalue weighted by Gasteiger charge is -2.11. The van der Waals surface area contributed by atoms with Gasteiger partial charge in [0.15, 0.2) is 0 Å². The van der Waals surface area contributed by atoms with Gasteiger partial charge in [-0.2, -0.15) is 9.97 Å². The minimum absolute atomic E-state index is 0.295. The van der Waals surface area contributed by atoms with Crippen LogP contribution in [0, 0.1) is 0 Å². The minimum atomic E-state index is 0.295. The zero-order valence-electron chi connectivity index (χ0n) is 12.8. The molecule has 0 saturated heterocycles. The van der Waals surface area contributed by atoms with Crippen LogP contribution in [0.5, 0.6) is 12.0 Å². The van der Waals surface area contributed by atoms with Gasteiger partial charge in [0.1, 0.15) is 0 Å². The van der Waals surface area contributed by atoms with Crippen molar-refractivity contribution in [2.45, 2.75) is 26.7 Å². The zero-order chi connectivity index (χ0) is 14.8. The molecule has 0 unspecified atom stereocenters. The molecule has 7 nitrogen and oxygen atoms in total. The lowest BCUT2D eigenvalue weighted by atomic mass is 10.4. The highest BCUT2D eigenvalue weighted by Gasteiger charge is 2.08. The van der Waals surface area contributed by atoms with Crippen LogP contribution in [0.4, 0.5) is 5.95 Å². The topological polar surface area (TPSA) is 72.4 Å². The fourth-order valence-corrected chi connectivity index (χ4v) is 1.46. The molecule has 1 aromatic heterocycles. The third-order valence-electron chi connectivity index (χ3n) is 2.38. The van der Waals surface area contributed by atoms with Crippen molar-refractivity contribution in [1.82, 2.24) is 19.9 Å². The first-order valence-electron chi connectivity index (χ1n) is 7.06. The molecule has 0 aliphatic rings. The average Bonchev–Trinajstić information content (AvgIpc) is 2.41. The summed E-state index contributed by atoms with van der Waals surface area (Å²) in [6, 6.07) is 0.601. The average molecular weight is 283 g/mol. The van der Waals surface area contributed by atoms with E-state index in [0.29, 0.717) is 31.2 Å². The molecule has 0 aliphatic carbocycles. The summed E-state index contributed by atoms with van der Waals surface area (Å²) in [5.74, 6) is 0.493. The summed E-state index contributed by atoms with van der Waals surface area (Å²) >= 11 is 0. The van der Waals surface area contributed by atoms with Gasteiger partial charge in [0, 0.05) is 13.1 Å². The van der Waals surface area contributed by atoms with Gasteiger partial charge in [-0.25, -0.2) is 0 Å². The number of aromatic nitrogens is 3. The van der Waals surface area contributed by atoms with Gasteiger partial charge in [0.25, 0.3) is 0 Å². The molecule has 0 atom stereocenters. The maximum atomic E-state index is 5.56. The van der Waals surface area contributed by atoms with Crippen LogP contribution in [0.3, 0.4) is 0 Å². The van der Waals surface area contributed by atoms with Gasteiger partial charge in [0.05, 0.1) is 13.2 Å². The van der Waals surface area contributed by atoms with Crippen LogP contribution in [0.1, 0.15) is 26.7 Å². The number of nitrogens with one attached hydrogen (secondary N) is 1. The molecule has 7 heteroatoms. The highest BCUT2D eigenvalue weighted by Crippen LogP contribution is 2.13. The second kappa shape index (κ2) is 9.30. The molecule has 1 aromatic rings. The molecule has 0 saturated carbocycles. The Morgan fingerprint density at radius 3 is 2.35 bits per heavy atom. The Morgan fingerprint density at radius 1 is 1.05 bits per heavy atom. The molecule has 0 amide bonds. The van der Waals surface area contributed by atoms with Gasteiger partial charge in [-0.05, 0) is 33.9 Å². The normalized spacial score (nSPS) is 10.7. The Balaban J connectivity index is 2.60. The molecular weight excluding hydrogens is 258 g/mol. The zero-order valence-corrected chi connectivity index (χ0v) is 12.8.